The van der Waals surface area contributed by atoms with Crippen LogP contribution in [0.1, 0.15) is 23.5 Å². The molecule has 27 heavy (non-hydrogen) atoms. The molecule has 0 saturated heterocycles. The van der Waals surface area contributed by atoms with Crippen LogP contribution >= 0.6 is 11.3 Å². The van der Waals surface area contributed by atoms with Crippen molar-refractivity contribution in [1.29, 1.82) is 0 Å². The second kappa shape index (κ2) is 8.17. The minimum Gasteiger partial charge on any atom is -0.403 e. The lowest BCUT2D eigenvalue weighted by molar-refractivity contribution is 0.251. The summed E-state index contributed by atoms with van der Waals surface area (Å²) < 4.78 is 5.56. The van der Waals surface area contributed by atoms with Gasteiger partial charge in [0.25, 0.3) is 0 Å². The van der Waals surface area contributed by atoms with Gasteiger partial charge in [0.2, 0.25) is 5.89 Å². The third-order valence-corrected chi connectivity index (χ3v) is 5.01. The number of carbonyl (C=O) groups is 1. The van der Waals surface area contributed by atoms with Gasteiger partial charge in [0.1, 0.15) is 0 Å². The first-order chi connectivity index (χ1) is 12.9. The van der Waals surface area contributed by atoms with Crippen molar-refractivity contribution in [1.82, 2.24) is 20.5 Å². The van der Waals surface area contributed by atoms with E-state index in [1.165, 1.54) is 0 Å². The number of aromatic nitrogens is 3. The molecule has 9 heteroatoms. The largest absolute Gasteiger partial charge is 0.403 e. The van der Waals surface area contributed by atoms with E-state index in [1.807, 2.05) is 45.5 Å². The first-order valence-corrected chi connectivity index (χ1v) is 9.38. The lowest BCUT2D eigenvalue weighted by Gasteiger charge is -2.11. The predicted molar refractivity (Wildman–Crippen MR) is 106 cm³/mol. The number of urea groups is 1. The minimum absolute atomic E-state index is 0.167. The van der Waals surface area contributed by atoms with E-state index in [2.05, 4.69) is 25.8 Å². The van der Waals surface area contributed by atoms with Gasteiger partial charge in [0.15, 0.2) is 0 Å². The van der Waals surface area contributed by atoms with Crippen molar-refractivity contribution in [3.63, 3.8) is 0 Å². The summed E-state index contributed by atoms with van der Waals surface area (Å²) in [6, 6.07) is 7.42. The standard InChI is InChI=1S/C18H22N6O2S/c1-11(16-20-12(2)10-27-16)9-19-17(25)21-14-7-5-13(6-8-14)15-22-23-18(26-15)24(3)4/h5-8,10-11H,9H2,1-4H3,(H2,19,21,25). The van der Waals surface area contributed by atoms with Gasteiger partial charge >= 0.3 is 12.0 Å². The number of amides is 2. The van der Waals surface area contributed by atoms with E-state index in [0.717, 1.165) is 16.3 Å². The fraction of sp³-hybridized carbons (Fsp3) is 0.333. The lowest BCUT2D eigenvalue weighted by atomic mass is 10.2. The van der Waals surface area contributed by atoms with E-state index in [-0.39, 0.29) is 11.9 Å². The van der Waals surface area contributed by atoms with Crippen LogP contribution in [0.25, 0.3) is 11.5 Å². The van der Waals surface area contributed by atoms with Crippen molar-refractivity contribution >= 4 is 29.1 Å². The maximum atomic E-state index is 12.1. The van der Waals surface area contributed by atoms with Crippen LogP contribution in [0.2, 0.25) is 0 Å². The number of carbonyl (C=O) groups excluding carboxylic acids is 1. The SMILES string of the molecule is Cc1csc(C(C)CNC(=O)Nc2ccc(-c3nnc(N(C)C)o3)cc2)n1. The van der Waals surface area contributed by atoms with E-state index in [1.54, 1.807) is 28.4 Å². The number of hydrogen-bond acceptors (Lipinski definition) is 7. The fourth-order valence-electron chi connectivity index (χ4n) is 2.32. The Balaban J connectivity index is 1.53. The van der Waals surface area contributed by atoms with E-state index in [4.69, 9.17) is 4.42 Å². The van der Waals surface area contributed by atoms with Crippen LogP contribution < -0.4 is 15.5 Å². The Morgan fingerprint density at radius 1 is 1.26 bits per heavy atom. The smallest absolute Gasteiger partial charge is 0.319 e. The molecule has 0 saturated carbocycles. The van der Waals surface area contributed by atoms with E-state index >= 15 is 0 Å². The maximum absolute atomic E-state index is 12.1. The molecular formula is C18H22N6O2S. The molecule has 2 heterocycles. The monoisotopic (exact) mass is 386 g/mol. The van der Waals surface area contributed by atoms with Gasteiger partial charge < -0.3 is 20.0 Å². The third kappa shape index (κ3) is 4.82. The van der Waals surface area contributed by atoms with Gasteiger partial charge in [-0.25, -0.2) is 9.78 Å². The number of nitrogens with one attached hydrogen (secondary N) is 2. The zero-order chi connectivity index (χ0) is 19.4. The zero-order valence-electron chi connectivity index (χ0n) is 15.7. The highest BCUT2D eigenvalue weighted by atomic mass is 32.1. The summed E-state index contributed by atoms with van der Waals surface area (Å²) in [7, 11) is 3.67. The second-order valence-corrected chi connectivity index (χ2v) is 7.31. The number of nitrogens with zero attached hydrogens (tertiary/aromatic N) is 4. The Morgan fingerprint density at radius 2 is 2.00 bits per heavy atom. The van der Waals surface area contributed by atoms with Crippen molar-refractivity contribution in [3.8, 4) is 11.5 Å². The molecule has 2 N–H and O–H groups in total. The third-order valence-electron chi connectivity index (χ3n) is 3.81. The number of anilines is 2. The van der Waals surface area contributed by atoms with Gasteiger partial charge in [-0.15, -0.1) is 16.4 Å². The Morgan fingerprint density at radius 3 is 2.59 bits per heavy atom. The van der Waals surface area contributed by atoms with Gasteiger partial charge in [0.05, 0.1) is 5.01 Å². The molecule has 142 valence electrons. The first-order valence-electron chi connectivity index (χ1n) is 8.50. The summed E-state index contributed by atoms with van der Waals surface area (Å²) in [5.74, 6) is 0.600. The Hall–Kier alpha value is -2.94. The summed E-state index contributed by atoms with van der Waals surface area (Å²) in [5, 5.41) is 16.7. The number of benzene rings is 1. The molecule has 3 rings (SSSR count). The number of rotatable bonds is 6. The number of hydrogen-bond donors (Lipinski definition) is 2. The average molecular weight is 386 g/mol. The fourth-order valence-corrected chi connectivity index (χ4v) is 3.17. The molecule has 0 spiro atoms. The molecule has 0 aliphatic heterocycles. The van der Waals surface area contributed by atoms with Crippen LogP contribution in [-0.4, -0.2) is 41.9 Å². The van der Waals surface area contributed by atoms with E-state index < -0.39 is 0 Å². The lowest BCUT2D eigenvalue weighted by Crippen LogP contribution is -2.31. The van der Waals surface area contributed by atoms with Crippen LogP contribution in [0.15, 0.2) is 34.1 Å². The number of aryl methyl sites for hydroxylation is 1. The molecule has 2 amide bonds. The predicted octanol–water partition coefficient (Wildman–Crippen LogP) is 3.49. The summed E-state index contributed by atoms with van der Waals surface area (Å²) in [6.07, 6.45) is 0. The van der Waals surface area contributed by atoms with Crippen LogP contribution in [0.3, 0.4) is 0 Å². The Bertz CT molecular complexity index is 903. The molecule has 0 fully saturated rings. The summed E-state index contributed by atoms with van der Waals surface area (Å²) >= 11 is 1.61. The molecule has 0 radical (unpaired) electrons. The quantitative estimate of drug-likeness (QED) is 0.673. The normalized spacial score (nSPS) is 11.9. The molecule has 1 aromatic carbocycles. The van der Waals surface area contributed by atoms with Gasteiger partial charge in [-0.3, -0.25) is 0 Å². The Labute approximate surface area is 161 Å². The van der Waals surface area contributed by atoms with Crippen molar-refractivity contribution in [2.45, 2.75) is 19.8 Å². The van der Waals surface area contributed by atoms with Crippen LogP contribution in [0.5, 0.6) is 0 Å². The van der Waals surface area contributed by atoms with E-state index in [0.29, 0.717) is 24.1 Å². The van der Waals surface area contributed by atoms with Crippen LogP contribution in [-0.2, 0) is 0 Å². The minimum atomic E-state index is -0.254. The molecule has 0 aliphatic carbocycles. The van der Waals surface area contributed by atoms with Gasteiger partial charge in [-0.05, 0) is 31.2 Å². The molecule has 2 aromatic heterocycles. The highest BCUT2D eigenvalue weighted by Gasteiger charge is 2.12. The van der Waals surface area contributed by atoms with Gasteiger partial charge in [-0.2, -0.15) is 0 Å². The molecule has 0 bridgehead atoms. The molecule has 0 aliphatic rings. The molecular weight excluding hydrogens is 364 g/mol. The average Bonchev–Trinajstić information content (AvgIpc) is 3.30. The molecule has 1 atom stereocenters. The maximum Gasteiger partial charge on any atom is 0.319 e. The van der Waals surface area contributed by atoms with E-state index in [9.17, 15) is 4.79 Å². The van der Waals surface area contributed by atoms with Crippen LogP contribution in [0, 0.1) is 6.92 Å². The molecule has 1 unspecified atom stereocenters. The highest BCUT2D eigenvalue weighted by molar-refractivity contribution is 7.09. The first kappa shape index (κ1) is 18.8. The summed E-state index contributed by atoms with van der Waals surface area (Å²) in [6.45, 7) is 4.53. The topological polar surface area (TPSA) is 96.2 Å². The number of thiazole rings is 1. The van der Waals surface area contributed by atoms with Gasteiger partial charge in [0, 0.05) is 48.9 Å². The summed E-state index contributed by atoms with van der Waals surface area (Å²) in [5.41, 5.74) is 2.47. The van der Waals surface area contributed by atoms with Crippen molar-refractivity contribution in [2.24, 2.45) is 0 Å². The summed E-state index contributed by atoms with van der Waals surface area (Å²) in [4.78, 5) is 18.3. The highest BCUT2D eigenvalue weighted by Crippen LogP contribution is 2.23. The van der Waals surface area contributed by atoms with Gasteiger partial charge in [-0.1, -0.05) is 12.0 Å². The molecule has 3 aromatic rings. The van der Waals surface area contributed by atoms with Crippen molar-refractivity contribution in [3.05, 3.63) is 40.3 Å². The van der Waals surface area contributed by atoms with Crippen molar-refractivity contribution < 1.29 is 9.21 Å². The Kier molecular flexibility index (Phi) is 5.70. The van der Waals surface area contributed by atoms with Crippen molar-refractivity contribution in [2.75, 3.05) is 30.9 Å². The second-order valence-electron chi connectivity index (χ2n) is 6.42. The molecule has 8 nitrogen and oxygen atoms in total. The zero-order valence-corrected chi connectivity index (χ0v) is 16.5. The van der Waals surface area contributed by atoms with Crippen LogP contribution in [0.4, 0.5) is 16.5 Å².